The summed E-state index contributed by atoms with van der Waals surface area (Å²) in [6.07, 6.45) is 0. The normalized spacial score (nSPS) is 30.3. The van der Waals surface area contributed by atoms with E-state index in [9.17, 15) is 0 Å². The molecule has 64 valence electrons. The van der Waals surface area contributed by atoms with Crippen LogP contribution >= 0.6 is 0 Å². The van der Waals surface area contributed by atoms with E-state index in [1.165, 1.54) is 0 Å². The van der Waals surface area contributed by atoms with Crippen LogP contribution in [0.2, 0.25) is 0 Å². The standard InChI is InChI=1S/C7H15N3O/c8-6-10-2-1-9-7(3-10)4-11-5-7/h9H,1-6,8H2. The van der Waals surface area contributed by atoms with Crippen LogP contribution in [0.1, 0.15) is 0 Å². The Morgan fingerprint density at radius 1 is 1.55 bits per heavy atom. The third-order valence-electron chi connectivity index (χ3n) is 2.47. The summed E-state index contributed by atoms with van der Waals surface area (Å²) in [5.74, 6) is 0. The van der Waals surface area contributed by atoms with Gasteiger partial charge < -0.3 is 15.8 Å². The first kappa shape index (κ1) is 7.49. The Bertz CT molecular complexity index is 147. The zero-order valence-corrected chi connectivity index (χ0v) is 6.68. The van der Waals surface area contributed by atoms with Gasteiger partial charge in [0.1, 0.15) is 0 Å². The van der Waals surface area contributed by atoms with Crippen molar-refractivity contribution in [2.24, 2.45) is 5.73 Å². The van der Waals surface area contributed by atoms with E-state index in [0.29, 0.717) is 6.67 Å². The smallest absolute Gasteiger partial charge is 0.0783 e. The maximum Gasteiger partial charge on any atom is 0.0783 e. The van der Waals surface area contributed by atoms with Crippen LogP contribution in [-0.4, -0.2) is 50.0 Å². The summed E-state index contributed by atoms with van der Waals surface area (Å²) in [6, 6.07) is 0. The van der Waals surface area contributed by atoms with Crippen LogP contribution in [-0.2, 0) is 4.74 Å². The molecule has 0 aromatic heterocycles. The second kappa shape index (κ2) is 2.71. The summed E-state index contributed by atoms with van der Waals surface area (Å²) in [4.78, 5) is 2.26. The van der Waals surface area contributed by atoms with E-state index >= 15 is 0 Å². The summed E-state index contributed by atoms with van der Waals surface area (Å²) in [5.41, 5.74) is 5.81. The molecule has 11 heavy (non-hydrogen) atoms. The van der Waals surface area contributed by atoms with E-state index in [2.05, 4.69) is 10.2 Å². The molecule has 2 aliphatic rings. The van der Waals surface area contributed by atoms with Crippen molar-refractivity contribution in [1.82, 2.24) is 10.2 Å². The van der Waals surface area contributed by atoms with Crippen molar-refractivity contribution in [3.63, 3.8) is 0 Å². The lowest BCUT2D eigenvalue weighted by Crippen LogP contribution is -2.70. The van der Waals surface area contributed by atoms with Crippen molar-refractivity contribution in [1.29, 1.82) is 0 Å². The maximum atomic E-state index is 5.56. The van der Waals surface area contributed by atoms with Crippen LogP contribution in [0.5, 0.6) is 0 Å². The Morgan fingerprint density at radius 2 is 2.36 bits per heavy atom. The fourth-order valence-electron chi connectivity index (χ4n) is 1.74. The Hall–Kier alpha value is -0.160. The number of piperazine rings is 1. The highest BCUT2D eigenvalue weighted by Crippen LogP contribution is 2.20. The molecule has 1 spiro atoms. The molecule has 0 unspecified atom stereocenters. The maximum absolute atomic E-state index is 5.56. The lowest BCUT2D eigenvalue weighted by molar-refractivity contribution is -0.0998. The largest absolute Gasteiger partial charge is 0.377 e. The monoisotopic (exact) mass is 157 g/mol. The zero-order valence-electron chi connectivity index (χ0n) is 6.68. The molecule has 3 N–H and O–H groups in total. The third kappa shape index (κ3) is 1.27. The van der Waals surface area contributed by atoms with Crippen LogP contribution in [0.4, 0.5) is 0 Å². The number of hydrogen-bond donors (Lipinski definition) is 2. The molecule has 0 atom stereocenters. The SMILES string of the molecule is NCN1CCNC2(COC2)C1. The molecule has 2 heterocycles. The number of rotatable bonds is 1. The summed E-state index contributed by atoms with van der Waals surface area (Å²) >= 11 is 0. The van der Waals surface area contributed by atoms with Gasteiger partial charge >= 0.3 is 0 Å². The highest BCUT2D eigenvalue weighted by atomic mass is 16.5. The molecule has 2 fully saturated rings. The molecule has 0 saturated carbocycles. The van der Waals surface area contributed by atoms with E-state index in [1.54, 1.807) is 0 Å². The van der Waals surface area contributed by atoms with Gasteiger partial charge in [0.2, 0.25) is 0 Å². The van der Waals surface area contributed by atoms with E-state index in [1.807, 2.05) is 0 Å². The first-order chi connectivity index (χ1) is 5.35. The molecule has 0 radical (unpaired) electrons. The van der Waals surface area contributed by atoms with Gasteiger partial charge in [0.25, 0.3) is 0 Å². The fraction of sp³-hybridized carbons (Fsp3) is 1.00. The Balaban J connectivity index is 1.92. The van der Waals surface area contributed by atoms with Crippen molar-refractivity contribution >= 4 is 0 Å². The predicted molar refractivity (Wildman–Crippen MR) is 42.2 cm³/mol. The quantitative estimate of drug-likeness (QED) is 0.490. The topological polar surface area (TPSA) is 50.5 Å². The van der Waals surface area contributed by atoms with Crippen molar-refractivity contribution in [2.45, 2.75) is 5.54 Å². The minimum atomic E-state index is 0.248. The molecule has 4 nitrogen and oxygen atoms in total. The van der Waals surface area contributed by atoms with Gasteiger partial charge in [-0.3, -0.25) is 4.90 Å². The van der Waals surface area contributed by atoms with Crippen molar-refractivity contribution in [3.05, 3.63) is 0 Å². The molecule has 2 aliphatic heterocycles. The van der Waals surface area contributed by atoms with Gasteiger partial charge in [0.15, 0.2) is 0 Å². The first-order valence-corrected chi connectivity index (χ1v) is 4.10. The number of hydrogen-bond acceptors (Lipinski definition) is 4. The average molecular weight is 157 g/mol. The van der Waals surface area contributed by atoms with E-state index in [-0.39, 0.29) is 5.54 Å². The highest BCUT2D eigenvalue weighted by molar-refractivity contribution is 4.99. The molecular formula is C7H15N3O. The first-order valence-electron chi connectivity index (χ1n) is 4.10. The van der Waals surface area contributed by atoms with Gasteiger partial charge in [0, 0.05) is 26.3 Å². The molecule has 2 saturated heterocycles. The van der Waals surface area contributed by atoms with E-state index in [4.69, 9.17) is 10.5 Å². The number of nitrogens with two attached hydrogens (primary N) is 1. The molecule has 0 aliphatic carbocycles. The van der Waals surface area contributed by atoms with Crippen LogP contribution in [0.15, 0.2) is 0 Å². The Kier molecular flexibility index (Phi) is 1.85. The highest BCUT2D eigenvalue weighted by Gasteiger charge is 2.41. The second-order valence-corrected chi connectivity index (χ2v) is 3.44. The summed E-state index contributed by atoms with van der Waals surface area (Å²) in [5, 5.41) is 3.47. The number of nitrogens with zero attached hydrogens (tertiary/aromatic N) is 1. The predicted octanol–water partition coefficient (Wildman–Crippen LogP) is -1.42. The lowest BCUT2D eigenvalue weighted by Gasteiger charge is -2.48. The zero-order chi connectivity index (χ0) is 7.73. The number of nitrogens with one attached hydrogen (secondary N) is 1. The van der Waals surface area contributed by atoms with Gasteiger partial charge in [0.05, 0.1) is 18.8 Å². The molecule has 0 aromatic carbocycles. The molecule has 4 heteroatoms. The van der Waals surface area contributed by atoms with Gasteiger partial charge in [-0.1, -0.05) is 0 Å². The molecular weight excluding hydrogens is 142 g/mol. The average Bonchev–Trinajstić information content (AvgIpc) is 2.02. The summed E-state index contributed by atoms with van der Waals surface area (Å²) in [6.45, 7) is 5.53. The second-order valence-electron chi connectivity index (χ2n) is 3.44. The number of ether oxygens (including phenoxy) is 1. The van der Waals surface area contributed by atoms with Gasteiger partial charge in [-0.15, -0.1) is 0 Å². The fourth-order valence-corrected chi connectivity index (χ4v) is 1.74. The van der Waals surface area contributed by atoms with E-state index in [0.717, 1.165) is 32.8 Å². The summed E-state index contributed by atoms with van der Waals surface area (Å²) < 4.78 is 5.18. The van der Waals surface area contributed by atoms with E-state index < -0.39 is 0 Å². The van der Waals surface area contributed by atoms with Crippen LogP contribution < -0.4 is 11.1 Å². The molecule has 0 amide bonds. The van der Waals surface area contributed by atoms with Crippen molar-refractivity contribution < 1.29 is 4.74 Å². The lowest BCUT2D eigenvalue weighted by atomic mass is 9.95. The van der Waals surface area contributed by atoms with Crippen LogP contribution in [0.25, 0.3) is 0 Å². The molecule has 0 bridgehead atoms. The minimum Gasteiger partial charge on any atom is -0.377 e. The third-order valence-corrected chi connectivity index (χ3v) is 2.47. The Morgan fingerprint density at radius 3 is 2.91 bits per heavy atom. The summed E-state index contributed by atoms with van der Waals surface area (Å²) in [7, 11) is 0. The van der Waals surface area contributed by atoms with Crippen molar-refractivity contribution in [3.8, 4) is 0 Å². The van der Waals surface area contributed by atoms with Crippen molar-refractivity contribution in [2.75, 3.05) is 39.5 Å². The minimum absolute atomic E-state index is 0.248. The molecule has 2 rings (SSSR count). The molecule has 0 aromatic rings. The van der Waals surface area contributed by atoms with Crippen LogP contribution in [0.3, 0.4) is 0 Å². The Labute approximate surface area is 66.7 Å². The van der Waals surface area contributed by atoms with Crippen LogP contribution in [0, 0.1) is 0 Å². The van der Waals surface area contributed by atoms with Gasteiger partial charge in [-0.05, 0) is 0 Å². The van der Waals surface area contributed by atoms with Gasteiger partial charge in [-0.25, -0.2) is 0 Å². The van der Waals surface area contributed by atoms with Gasteiger partial charge in [-0.2, -0.15) is 0 Å².